The Kier molecular flexibility index (Phi) is 4.96. The van der Waals surface area contributed by atoms with E-state index in [1.807, 2.05) is 18.2 Å². The van der Waals surface area contributed by atoms with Crippen molar-refractivity contribution < 1.29 is 4.79 Å². The second-order valence-corrected chi connectivity index (χ2v) is 4.13. The molecule has 88 valence electrons. The predicted octanol–water partition coefficient (Wildman–Crippen LogP) is 2.40. The molecule has 1 atom stereocenters. The third kappa shape index (κ3) is 3.65. The lowest BCUT2D eigenvalue weighted by molar-refractivity contribution is -0.119. The zero-order valence-electron chi connectivity index (χ0n) is 10.1. The van der Waals surface area contributed by atoms with Crippen molar-refractivity contribution in [2.45, 2.75) is 45.4 Å². The first kappa shape index (κ1) is 12.7. The lowest BCUT2D eigenvalue weighted by atomic mass is 10.1. The Balaban J connectivity index is 2.67. The highest BCUT2D eigenvalue weighted by Gasteiger charge is 2.12. The third-order valence-corrected chi connectivity index (χ3v) is 2.74. The van der Waals surface area contributed by atoms with Crippen molar-refractivity contribution in [1.82, 2.24) is 4.98 Å². The van der Waals surface area contributed by atoms with Crippen LogP contribution in [0.25, 0.3) is 0 Å². The number of primary amides is 1. The first-order chi connectivity index (χ1) is 7.65. The number of rotatable bonds is 6. The maximum Gasteiger partial charge on any atom is 0.226 e. The van der Waals surface area contributed by atoms with Crippen LogP contribution in [0, 0.1) is 0 Å². The summed E-state index contributed by atoms with van der Waals surface area (Å²) in [4.78, 5) is 15.5. The van der Waals surface area contributed by atoms with E-state index in [0.717, 1.165) is 24.2 Å². The number of nitrogens with zero attached hydrogens (tertiary/aromatic N) is 1. The number of unbranched alkanes of at least 4 members (excludes halogenated alkanes) is 2. The molecule has 0 aliphatic heterocycles. The van der Waals surface area contributed by atoms with Crippen molar-refractivity contribution in [1.29, 1.82) is 0 Å². The highest BCUT2D eigenvalue weighted by atomic mass is 16.1. The zero-order valence-corrected chi connectivity index (χ0v) is 10.1. The van der Waals surface area contributed by atoms with E-state index >= 15 is 0 Å². The molecule has 0 aliphatic rings. The van der Waals surface area contributed by atoms with E-state index in [4.69, 9.17) is 5.73 Å². The van der Waals surface area contributed by atoms with Crippen molar-refractivity contribution in [3.63, 3.8) is 0 Å². The molecule has 0 bridgehead atoms. The van der Waals surface area contributed by atoms with Crippen LogP contribution in [0.2, 0.25) is 0 Å². The molecule has 3 heteroatoms. The molecule has 2 N–H and O–H groups in total. The fourth-order valence-electron chi connectivity index (χ4n) is 1.58. The Hall–Kier alpha value is -1.38. The van der Waals surface area contributed by atoms with Crippen LogP contribution in [0.5, 0.6) is 0 Å². The maximum atomic E-state index is 11.1. The minimum Gasteiger partial charge on any atom is -0.369 e. The standard InChI is InChI=1S/C13H20N2O/c1-3-4-5-7-11-8-6-9-12(15-11)10(2)13(14)16/h6,8-10H,3-5,7H2,1-2H3,(H2,14,16). The van der Waals surface area contributed by atoms with Gasteiger partial charge in [0.1, 0.15) is 0 Å². The van der Waals surface area contributed by atoms with Gasteiger partial charge in [0.05, 0.1) is 11.6 Å². The highest BCUT2D eigenvalue weighted by Crippen LogP contribution is 2.13. The van der Waals surface area contributed by atoms with Gasteiger partial charge in [-0.2, -0.15) is 0 Å². The minimum absolute atomic E-state index is 0.300. The van der Waals surface area contributed by atoms with Crippen LogP contribution in [-0.4, -0.2) is 10.9 Å². The second kappa shape index (κ2) is 6.26. The molecule has 0 spiro atoms. The summed E-state index contributed by atoms with van der Waals surface area (Å²) in [7, 11) is 0. The van der Waals surface area contributed by atoms with E-state index in [1.165, 1.54) is 12.8 Å². The molecule has 0 fully saturated rings. The van der Waals surface area contributed by atoms with Crippen molar-refractivity contribution in [3.05, 3.63) is 29.6 Å². The fourth-order valence-corrected chi connectivity index (χ4v) is 1.58. The first-order valence-electron chi connectivity index (χ1n) is 5.90. The number of carbonyl (C=O) groups is 1. The molecule has 1 heterocycles. The van der Waals surface area contributed by atoms with Crippen LogP contribution in [0.1, 0.15) is 50.4 Å². The highest BCUT2D eigenvalue weighted by molar-refractivity contribution is 5.80. The smallest absolute Gasteiger partial charge is 0.226 e. The Labute approximate surface area is 97.1 Å². The van der Waals surface area contributed by atoms with Gasteiger partial charge in [0, 0.05) is 5.69 Å². The lowest BCUT2D eigenvalue weighted by Crippen LogP contribution is -2.19. The molecule has 0 radical (unpaired) electrons. The van der Waals surface area contributed by atoms with Crippen molar-refractivity contribution in [3.8, 4) is 0 Å². The summed E-state index contributed by atoms with van der Waals surface area (Å²) in [5, 5.41) is 0. The molecule has 1 aromatic heterocycles. The van der Waals surface area contributed by atoms with Crippen LogP contribution in [-0.2, 0) is 11.2 Å². The van der Waals surface area contributed by atoms with Crippen LogP contribution in [0.3, 0.4) is 0 Å². The summed E-state index contributed by atoms with van der Waals surface area (Å²) in [5.41, 5.74) is 7.09. The normalized spacial score (nSPS) is 12.4. The lowest BCUT2D eigenvalue weighted by Gasteiger charge is -2.08. The monoisotopic (exact) mass is 220 g/mol. The molecule has 0 aliphatic carbocycles. The van der Waals surface area contributed by atoms with E-state index in [0.29, 0.717) is 0 Å². The molecule has 1 rings (SSSR count). The summed E-state index contributed by atoms with van der Waals surface area (Å²) >= 11 is 0. The predicted molar refractivity (Wildman–Crippen MR) is 65.1 cm³/mol. The minimum atomic E-state index is -0.321. The van der Waals surface area contributed by atoms with Gasteiger partial charge in [0.15, 0.2) is 0 Å². The quantitative estimate of drug-likeness (QED) is 0.748. The van der Waals surface area contributed by atoms with E-state index in [9.17, 15) is 4.79 Å². The van der Waals surface area contributed by atoms with E-state index < -0.39 is 0 Å². The van der Waals surface area contributed by atoms with Gasteiger partial charge in [-0.1, -0.05) is 25.8 Å². The molecule has 1 unspecified atom stereocenters. The van der Waals surface area contributed by atoms with Gasteiger partial charge in [-0.25, -0.2) is 0 Å². The number of pyridine rings is 1. The molecule has 0 aromatic carbocycles. The maximum absolute atomic E-state index is 11.1. The molecule has 1 aromatic rings. The number of nitrogens with two attached hydrogens (primary N) is 1. The van der Waals surface area contributed by atoms with Gasteiger partial charge in [-0.3, -0.25) is 9.78 Å². The molecule has 1 amide bonds. The molecular weight excluding hydrogens is 200 g/mol. The van der Waals surface area contributed by atoms with Crippen LogP contribution >= 0.6 is 0 Å². The second-order valence-electron chi connectivity index (χ2n) is 4.13. The Morgan fingerprint density at radius 2 is 2.19 bits per heavy atom. The summed E-state index contributed by atoms with van der Waals surface area (Å²) in [6, 6.07) is 5.81. The molecular formula is C13H20N2O. The van der Waals surface area contributed by atoms with Gasteiger partial charge in [-0.15, -0.1) is 0 Å². The molecule has 3 nitrogen and oxygen atoms in total. The summed E-state index contributed by atoms with van der Waals surface area (Å²) in [6.45, 7) is 3.97. The van der Waals surface area contributed by atoms with E-state index in [-0.39, 0.29) is 11.8 Å². The summed E-state index contributed by atoms with van der Waals surface area (Å²) in [5.74, 6) is -0.621. The number of carbonyl (C=O) groups excluding carboxylic acids is 1. The average Bonchev–Trinajstić information content (AvgIpc) is 2.29. The molecule has 0 saturated heterocycles. The van der Waals surface area contributed by atoms with Crippen LogP contribution in [0.4, 0.5) is 0 Å². The SMILES string of the molecule is CCCCCc1cccc(C(C)C(N)=O)n1. The Bertz CT molecular complexity index is 350. The fraction of sp³-hybridized carbons (Fsp3) is 0.538. The van der Waals surface area contributed by atoms with Crippen molar-refractivity contribution in [2.24, 2.45) is 5.73 Å². The van der Waals surface area contributed by atoms with Gasteiger partial charge in [0.2, 0.25) is 5.91 Å². The van der Waals surface area contributed by atoms with Crippen molar-refractivity contribution >= 4 is 5.91 Å². The average molecular weight is 220 g/mol. The van der Waals surface area contributed by atoms with E-state index in [1.54, 1.807) is 6.92 Å². The number of hydrogen-bond acceptors (Lipinski definition) is 2. The third-order valence-electron chi connectivity index (χ3n) is 2.74. The number of amides is 1. The first-order valence-corrected chi connectivity index (χ1v) is 5.90. The van der Waals surface area contributed by atoms with Gasteiger partial charge >= 0.3 is 0 Å². The largest absolute Gasteiger partial charge is 0.369 e. The zero-order chi connectivity index (χ0) is 12.0. The van der Waals surface area contributed by atoms with E-state index in [2.05, 4.69) is 11.9 Å². The molecule has 0 saturated carbocycles. The molecule has 16 heavy (non-hydrogen) atoms. The number of hydrogen-bond donors (Lipinski definition) is 1. The number of aryl methyl sites for hydroxylation is 1. The van der Waals surface area contributed by atoms with Gasteiger partial charge in [-0.05, 0) is 31.9 Å². The van der Waals surface area contributed by atoms with Crippen molar-refractivity contribution in [2.75, 3.05) is 0 Å². The Morgan fingerprint density at radius 3 is 2.81 bits per heavy atom. The topological polar surface area (TPSA) is 56.0 Å². The van der Waals surface area contributed by atoms with Crippen LogP contribution in [0.15, 0.2) is 18.2 Å². The summed E-state index contributed by atoms with van der Waals surface area (Å²) in [6.07, 6.45) is 4.56. The van der Waals surface area contributed by atoms with Gasteiger partial charge < -0.3 is 5.73 Å². The van der Waals surface area contributed by atoms with Gasteiger partial charge in [0.25, 0.3) is 0 Å². The summed E-state index contributed by atoms with van der Waals surface area (Å²) < 4.78 is 0. The Morgan fingerprint density at radius 1 is 1.44 bits per heavy atom. The van der Waals surface area contributed by atoms with Crippen LogP contribution < -0.4 is 5.73 Å². The number of aromatic nitrogens is 1.